The third kappa shape index (κ3) is 3.90. The Kier molecular flexibility index (Phi) is 5.08. The topological polar surface area (TPSA) is 53.8 Å². The molecule has 1 N–H and O–H groups in total. The van der Waals surface area contributed by atoms with E-state index < -0.39 is 0 Å². The molecule has 0 radical (unpaired) electrons. The molecule has 2 aromatic carbocycles. The lowest BCUT2D eigenvalue weighted by atomic mass is 10.2. The first-order valence-electron chi connectivity index (χ1n) is 6.94. The molecular formula is C17H11ClFN3OS. The van der Waals surface area contributed by atoms with Crippen LogP contribution in [0.4, 0.5) is 4.39 Å². The van der Waals surface area contributed by atoms with Gasteiger partial charge in [0.15, 0.2) is 5.17 Å². The molecule has 0 aliphatic carbocycles. The molecule has 120 valence electrons. The standard InChI is InChI=1S/C17H11ClFN3OS/c18-13-7-3-1-6-12(13)10-20-22-17-21-16(23)15(24-17)9-11-5-2-4-8-14(11)19/h1-10H,(H,21,22,23)/b15-9+,20-10+. The first kappa shape index (κ1) is 16.4. The summed E-state index contributed by atoms with van der Waals surface area (Å²) in [6, 6.07) is 13.4. The van der Waals surface area contributed by atoms with Crippen molar-refractivity contribution in [2.24, 2.45) is 10.2 Å². The first-order chi connectivity index (χ1) is 11.6. The molecule has 2 aromatic rings. The Labute approximate surface area is 147 Å². The second-order valence-corrected chi connectivity index (χ2v) is 6.20. The summed E-state index contributed by atoms with van der Waals surface area (Å²) in [5.41, 5.74) is 1.07. The number of hydrogen-bond donors (Lipinski definition) is 1. The summed E-state index contributed by atoms with van der Waals surface area (Å²) in [6.45, 7) is 0. The molecule has 7 heteroatoms. The van der Waals surface area contributed by atoms with Crippen LogP contribution in [0.1, 0.15) is 11.1 Å². The van der Waals surface area contributed by atoms with Crippen LogP contribution >= 0.6 is 23.4 Å². The summed E-state index contributed by atoms with van der Waals surface area (Å²) in [7, 11) is 0. The molecule has 1 aliphatic rings. The predicted molar refractivity (Wildman–Crippen MR) is 96.6 cm³/mol. The van der Waals surface area contributed by atoms with Gasteiger partial charge in [0.05, 0.1) is 11.1 Å². The van der Waals surface area contributed by atoms with Gasteiger partial charge in [-0.1, -0.05) is 48.0 Å². The van der Waals surface area contributed by atoms with E-state index in [1.54, 1.807) is 30.3 Å². The van der Waals surface area contributed by atoms with Crippen LogP contribution in [0.3, 0.4) is 0 Å². The maximum Gasteiger partial charge on any atom is 0.264 e. The zero-order chi connectivity index (χ0) is 16.9. The molecule has 1 heterocycles. The van der Waals surface area contributed by atoms with Gasteiger partial charge < -0.3 is 0 Å². The van der Waals surface area contributed by atoms with Gasteiger partial charge in [-0.05, 0) is 30.0 Å². The molecular weight excluding hydrogens is 349 g/mol. The summed E-state index contributed by atoms with van der Waals surface area (Å²) in [6.07, 6.45) is 2.98. The molecule has 0 spiro atoms. The van der Waals surface area contributed by atoms with Gasteiger partial charge in [-0.25, -0.2) is 4.39 Å². The Morgan fingerprint density at radius 1 is 1.08 bits per heavy atom. The normalized spacial score (nSPS) is 17.8. The van der Waals surface area contributed by atoms with Gasteiger partial charge in [-0.3, -0.25) is 10.1 Å². The Morgan fingerprint density at radius 3 is 2.54 bits per heavy atom. The average molecular weight is 360 g/mol. The van der Waals surface area contributed by atoms with E-state index >= 15 is 0 Å². The van der Waals surface area contributed by atoms with Crippen LogP contribution in [0.2, 0.25) is 5.02 Å². The van der Waals surface area contributed by atoms with Gasteiger partial charge in [-0.2, -0.15) is 5.10 Å². The van der Waals surface area contributed by atoms with Crippen LogP contribution < -0.4 is 5.32 Å². The molecule has 1 amide bonds. The van der Waals surface area contributed by atoms with E-state index in [9.17, 15) is 9.18 Å². The number of thioether (sulfide) groups is 1. The Hall–Kier alpha value is -2.44. The number of carbonyl (C=O) groups excluding carboxylic acids is 1. The predicted octanol–water partition coefficient (Wildman–Crippen LogP) is 4.07. The molecule has 0 unspecified atom stereocenters. The van der Waals surface area contributed by atoms with Crippen LogP contribution in [0.15, 0.2) is 63.6 Å². The lowest BCUT2D eigenvalue weighted by Crippen LogP contribution is -2.19. The first-order valence-corrected chi connectivity index (χ1v) is 8.14. The lowest BCUT2D eigenvalue weighted by molar-refractivity contribution is -0.115. The number of amides is 1. The van der Waals surface area contributed by atoms with Gasteiger partial charge in [0.2, 0.25) is 0 Å². The van der Waals surface area contributed by atoms with E-state index in [4.69, 9.17) is 11.6 Å². The minimum atomic E-state index is -0.388. The molecule has 0 aromatic heterocycles. The molecule has 0 atom stereocenters. The number of benzene rings is 2. The zero-order valence-corrected chi connectivity index (χ0v) is 13.8. The molecule has 0 bridgehead atoms. The molecule has 0 saturated carbocycles. The summed E-state index contributed by atoms with van der Waals surface area (Å²) in [4.78, 5) is 12.3. The smallest absolute Gasteiger partial charge is 0.264 e. The fourth-order valence-electron chi connectivity index (χ4n) is 1.93. The number of carbonyl (C=O) groups is 1. The Bertz CT molecular complexity index is 880. The average Bonchev–Trinajstić information content (AvgIpc) is 2.91. The second-order valence-electron chi connectivity index (χ2n) is 4.76. The van der Waals surface area contributed by atoms with Gasteiger partial charge in [-0.15, -0.1) is 5.10 Å². The highest BCUT2D eigenvalue weighted by Gasteiger charge is 2.24. The number of halogens is 2. The van der Waals surface area contributed by atoms with Crippen molar-refractivity contribution in [3.05, 3.63) is 75.4 Å². The van der Waals surface area contributed by atoms with Crippen LogP contribution in [0.25, 0.3) is 6.08 Å². The SMILES string of the molecule is O=C1N/C(=N\N=C\c2ccccc2Cl)S/C1=C/c1ccccc1F. The van der Waals surface area contributed by atoms with E-state index in [1.165, 1.54) is 18.4 Å². The lowest BCUT2D eigenvalue weighted by Gasteiger charge is -1.96. The molecule has 24 heavy (non-hydrogen) atoms. The zero-order valence-electron chi connectivity index (χ0n) is 12.2. The highest BCUT2D eigenvalue weighted by molar-refractivity contribution is 8.18. The number of nitrogens with zero attached hydrogens (tertiary/aromatic N) is 2. The quantitative estimate of drug-likeness (QED) is 0.510. The molecule has 1 aliphatic heterocycles. The summed E-state index contributed by atoms with van der Waals surface area (Å²) in [5, 5.41) is 11.3. The Balaban J connectivity index is 1.75. The third-order valence-corrected chi connectivity index (χ3v) is 4.34. The number of nitrogens with one attached hydrogen (secondary N) is 1. The van der Waals surface area contributed by atoms with Gasteiger partial charge in [0.25, 0.3) is 5.91 Å². The highest BCUT2D eigenvalue weighted by atomic mass is 35.5. The minimum Gasteiger partial charge on any atom is -0.299 e. The summed E-state index contributed by atoms with van der Waals surface area (Å²) < 4.78 is 13.6. The van der Waals surface area contributed by atoms with Crippen molar-refractivity contribution in [3.63, 3.8) is 0 Å². The largest absolute Gasteiger partial charge is 0.299 e. The van der Waals surface area contributed by atoms with Crippen molar-refractivity contribution in [1.82, 2.24) is 5.32 Å². The van der Waals surface area contributed by atoms with Crippen molar-refractivity contribution < 1.29 is 9.18 Å². The maximum absolute atomic E-state index is 13.6. The van der Waals surface area contributed by atoms with Crippen molar-refractivity contribution in [1.29, 1.82) is 0 Å². The fourth-order valence-corrected chi connectivity index (χ4v) is 2.89. The monoisotopic (exact) mass is 359 g/mol. The highest BCUT2D eigenvalue weighted by Crippen LogP contribution is 2.26. The van der Waals surface area contributed by atoms with Gasteiger partial charge >= 0.3 is 0 Å². The molecule has 4 nitrogen and oxygen atoms in total. The van der Waals surface area contributed by atoms with E-state index in [2.05, 4.69) is 15.5 Å². The van der Waals surface area contributed by atoms with Crippen LogP contribution in [-0.4, -0.2) is 17.3 Å². The summed E-state index contributed by atoms with van der Waals surface area (Å²) >= 11 is 7.11. The maximum atomic E-state index is 13.6. The van der Waals surface area contributed by atoms with Crippen molar-refractivity contribution in [2.45, 2.75) is 0 Å². The van der Waals surface area contributed by atoms with E-state index in [1.807, 2.05) is 12.1 Å². The second kappa shape index (κ2) is 7.42. The molecule has 1 saturated heterocycles. The van der Waals surface area contributed by atoms with E-state index in [-0.39, 0.29) is 11.7 Å². The fraction of sp³-hybridized carbons (Fsp3) is 0. The van der Waals surface area contributed by atoms with Crippen LogP contribution in [0.5, 0.6) is 0 Å². The number of rotatable bonds is 3. The van der Waals surface area contributed by atoms with Crippen molar-refractivity contribution >= 4 is 46.7 Å². The van der Waals surface area contributed by atoms with Crippen molar-refractivity contribution in [3.8, 4) is 0 Å². The van der Waals surface area contributed by atoms with E-state index in [0.29, 0.717) is 20.7 Å². The van der Waals surface area contributed by atoms with E-state index in [0.717, 1.165) is 17.3 Å². The van der Waals surface area contributed by atoms with Gasteiger partial charge in [0, 0.05) is 16.1 Å². The van der Waals surface area contributed by atoms with Crippen molar-refractivity contribution in [2.75, 3.05) is 0 Å². The Morgan fingerprint density at radius 2 is 1.79 bits per heavy atom. The number of amidine groups is 1. The van der Waals surface area contributed by atoms with Crippen LogP contribution in [0, 0.1) is 5.82 Å². The molecule has 3 rings (SSSR count). The third-order valence-electron chi connectivity index (χ3n) is 3.09. The van der Waals surface area contributed by atoms with Crippen LogP contribution in [-0.2, 0) is 4.79 Å². The summed E-state index contributed by atoms with van der Waals surface area (Å²) in [5.74, 6) is -0.726. The van der Waals surface area contributed by atoms with Gasteiger partial charge in [0.1, 0.15) is 5.82 Å². The minimum absolute atomic E-state index is 0.325. The number of hydrogen-bond acceptors (Lipinski definition) is 4. The molecule has 1 fully saturated rings.